The summed E-state index contributed by atoms with van der Waals surface area (Å²) in [6.07, 6.45) is 1.04. The number of rotatable bonds is 5. The van der Waals surface area contributed by atoms with Gasteiger partial charge in [-0.2, -0.15) is 13.2 Å². The molecule has 2 unspecified atom stereocenters. The van der Waals surface area contributed by atoms with Crippen molar-refractivity contribution < 1.29 is 18.3 Å². The van der Waals surface area contributed by atoms with Crippen LogP contribution in [0.4, 0.5) is 13.2 Å². The van der Waals surface area contributed by atoms with Crippen molar-refractivity contribution in [2.24, 2.45) is 5.92 Å². The Hall–Kier alpha value is -0.330. The second-order valence-electron chi connectivity index (χ2n) is 6.58. The molecule has 0 bridgehead atoms. The fourth-order valence-electron chi connectivity index (χ4n) is 3.43. The molecule has 0 amide bonds. The van der Waals surface area contributed by atoms with E-state index in [4.69, 9.17) is 0 Å². The molecule has 1 saturated carbocycles. The molecule has 3 nitrogen and oxygen atoms in total. The van der Waals surface area contributed by atoms with E-state index in [2.05, 4.69) is 5.32 Å². The number of halogens is 3. The maximum atomic E-state index is 12.2. The van der Waals surface area contributed by atoms with Crippen LogP contribution in [-0.4, -0.2) is 54.5 Å². The van der Waals surface area contributed by atoms with Crippen LogP contribution in [0.15, 0.2) is 0 Å². The monoisotopic (exact) mass is 308 g/mol. The minimum Gasteiger partial charge on any atom is -0.393 e. The van der Waals surface area contributed by atoms with Crippen molar-refractivity contribution >= 4 is 0 Å². The molecular weight excluding hydrogens is 281 g/mol. The number of aliphatic hydroxyl groups excluding tert-OH is 1. The van der Waals surface area contributed by atoms with Gasteiger partial charge >= 0.3 is 6.18 Å². The van der Waals surface area contributed by atoms with Crippen molar-refractivity contribution in [2.45, 2.75) is 63.3 Å². The Labute approximate surface area is 124 Å². The van der Waals surface area contributed by atoms with Crippen LogP contribution in [-0.2, 0) is 0 Å². The maximum Gasteiger partial charge on any atom is 0.390 e. The maximum absolute atomic E-state index is 12.2. The van der Waals surface area contributed by atoms with Gasteiger partial charge in [-0.25, -0.2) is 0 Å². The highest BCUT2D eigenvalue weighted by Crippen LogP contribution is 2.24. The van der Waals surface area contributed by atoms with E-state index in [1.54, 1.807) is 0 Å². The minimum absolute atomic E-state index is 0.130. The van der Waals surface area contributed by atoms with E-state index in [1.165, 1.54) is 6.42 Å². The summed E-state index contributed by atoms with van der Waals surface area (Å²) in [6.45, 7) is 2.57. The van der Waals surface area contributed by atoms with Crippen molar-refractivity contribution in [3.05, 3.63) is 0 Å². The molecule has 1 heterocycles. The molecule has 2 atom stereocenters. The van der Waals surface area contributed by atoms with Crippen molar-refractivity contribution in [2.75, 3.05) is 26.2 Å². The molecule has 2 fully saturated rings. The summed E-state index contributed by atoms with van der Waals surface area (Å²) < 4.78 is 36.6. The lowest BCUT2D eigenvalue weighted by atomic mass is 9.87. The van der Waals surface area contributed by atoms with E-state index in [-0.39, 0.29) is 12.6 Å². The van der Waals surface area contributed by atoms with Crippen LogP contribution in [0.3, 0.4) is 0 Å². The lowest BCUT2D eigenvalue weighted by molar-refractivity contribution is -0.138. The Morgan fingerprint density at radius 1 is 1.10 bits per heavy atom. The molecule has 6 heteroatoms. The summed E-state index contributed by atoms with van der Waals surface area (Å²) in [5.41, 5.74) is 0. The Kier molecular flexibility index (Phi) is 6.32. The largest absolute Gasteiger partial charge is 0.393 e. The van der Waals surface area contributed by atoms with Gasteiger partial charge in [-0.1, -0.05) is 6.42 Å². The summed E-state index contributed by atoms with van der Waals surface area (Å²) in [4.78, 5) is 1.91. The zero-order chi connectivity index (χ0) is 15.3. The topological polar surface area (TPSA) is 35.5 Å². The van der Waals surface area contributed by atoms with Crippen LogP contribution in [0, 0.1) is 5.92 Å². The first-order chi connectivity index (χ1) is 9.92. The number of nitrogens with zero attached hydrogens (tertiary/aromatic N) is 1. The molecule has 0 aromatic heterocycles. The number of likely N-dealkylation sites (tertiary alicyclic amines) is 1. The second-order valence-corrected chi connectivity index (χ2v) is 6.58. The highest BCUT2D eigenvalue weighted by atomic mass is 19.4. The van der Waals surface area contributed by atoms with E-state index in [0.717, 1.165) is 51.7 Å². The fraction of sp³-hybridized carbons (Fsp3) is 1.00. The van der Waals surface area contributed by atoms with E-state index in [0.29, 0.717) is 12.0 Å². The highest BCUT2D eigenvalue weighted by Gasteiger charge is 2.29. The lowest BCUT2D eigenvalue weighted by Gasteiger charge is -2.34. The average molecular weight is 308 g/mol. The zero-order valence-electron chi connectivity index (χ0n) is 12.5. The summed E-state index contributed by atoms with van der Waals surface area (Å²) >= 11 is 0. The summed E-state index contributed by atoms with van der Waals surface area (Å²) in [7, 11) is 0. The Bertz CT molecular complexity index is 304. The number of nitrogens with one attached hydrogen (secondary N) is 1. The number of hydrogen-bond acceptors (Lipinski definition) is 3. The Morgan fingerprint density at radius 2 is 1.81 bits per heavy atom. The van der Waals surface area contributed by atoms with Gasteiger partial charge in [0.05, 0.1) is 12.5 Å². The normalized spacial score (nSPS) is 29.7. The van der Waals surface area contributed by atoms with Gasteiger partial charge in [0.25, 0.3) is 0 Å². The standard InChI is InChI=1S/C15H27F3N2O/c16-15(17,18)6-9-20-7-4-13(5-8-20)19-11-12-2-1-3-14(21)10-12/h12-14,19,21H,1-11H2. The van der Waals surface area contributed by atoms with Gasteiger partial charge in [0.15, 0.2) is 0 Å². The van der Waals surface area contributed by atoms with Gasteiger partial charge in [-0.05, 0) is 57.7 Å². The van der Waals surface area contributed by atoms with Crippen molar-refractivity contribution in [1.29, 1.82) is 0 Å². The van der Waals surface area contributed by atoms with Crippen LogP contribution >= 0.6 is 0 Å². The number of hydrogen-bond donors (Lipinski definition) is 2. The van der Waals surface area contributed by atoms with Gasteiger partial charge in [-0.3, -0.25) is 0 Å². The van der Waals surface area contributed by atoms with Crippen LogP contribution < -0.4 is 5.32 Å². The minimum atomic E-state index is -4.04. The second kappa shape index (κ2) is 7.79. The van der Waals surface area contributed by atoms with Crippen LogP contribution in [0.5, 0.6) is 0 Å². The molecular formula is C15H27F3N2O. The molecule has 124 valence electrons. The third-order valence-corrected chi connectivity index (χ3v) is 4.75. The van der Waals surface area contributed by atoms with E-state index < -0.39 is 12.6 Å². The van der Waals surface area contributed by atoms with E-state index >= 15 is 0 Å². The number of alkyl halides is 3. The van der Waals surface area contributed by atoms with Crippen molar-refractivity contribution in [1.82, 2.24) is 10.2 Å². The number of piperidine rings is 1. The van der Waals surface area contributed by atoms with Gasteiger partial charge in [0.2, 0.25) is 0 Å². The molecule has 2 rings (SSSR count). The molecule has 1 saturated heterocycles. The molecule has 1 aliphatic carbocycles. The molecule has 1 aliphatic heterocycles. The van der Waals surface area contributed by atoms with Gasteiger partial charge in [0, 0.05) is 12.6 Å². The summed E-state index contributed by atoms with van der Waals surface area (Å²) in [5, 5.41) is 13.2. The summed E-state index contributed by atoms with van der Waals surface area (Å²) in [6, 6.07) is 0.422. The Balaban J connectivity index is 1.58. The highest BCUT2D eigenvalue weighted by molar-refractivity contribution is 4.80. The molecule has 0 spiro atoms. The Morgan fingerprint density at radius 3 is 2.43 bits per heavy atom. The molecule has 0 aromatic rings. The average Bonchev–Trinajstić information content (AvgIpc) is 2.43. The van der Waals surface area contributed by atoms with Gasteiger partial charge in [0.1, 0.15) is 0 Å². The van der Waals surface area contributed by atoms with Gasteiger partial charge in [-0.15, -0.1) is 0 Å². The zero-order valence-corrected chi connectivity index (χ0v) is 12.5. The van der Waals surface area contributed by atoms with Crippen molar-refractivity contribution in [3.8, 4) is 0 Å². The molecule has 21 heavy (non-hydrogen) atoms. The lowest BCUT2D eigenvalue weighted by Crippen LogP contribution is -2.45. The smallest absolute Gasteiger partial charge is 0.390 e. The van der Waals surface area contributed by atoms with Crippen molar-refractivity contribution in [3.63, 3.8) is 0 Å². The third-order valence-electron chi connectivity index (χ3n) is 4.75. The third kappa shape index (κ3) is 6.53. The number of aliphatic hydroxyl groups is 1. The van der Waals surface area contributed by atoms with E-state index in [1.807, 2.05) is 4.90 Å². The summed E-state index contributed by atoms with van der Waals surface area (Å²) in [5.74, 6) is 0.553. The quantitative estimate of drug-likeness (QED) is 0.819. The van der Waals surface area contributed by atoms with Crippen LogP contribution in [0.1, 0.15) is 44.9 Å². The first-order valence-corrected chi connectivity index (χ1v) is 8.13. The first-order valence-electron chi connectivity index (χ1n) is 8.13. The molecule has 0 aromatic carbocycles. The predicted molar refractivity (Wildman–Crippen MR) is 76.1 cm³/mol. The molecule has 2 aliphatic rings. The fourth-order valence-corrected chi connectivity index (χ4v) is 3.43. The van der Waals surface area contributed by atoms with Crippen LogP contribution in [0.2, 0.25) is 0 Å². The van der Waals surface area contributed by atoms with Crippen LogP contribution in [0.25, 0.3) is 0 Å². The predicted octanol–water partition coefficient (Wildman–Crippen LogP) is 2.54. The molecule has 0 radical (unpaired) electrons. The SMILES string of the molecule is OC1CCCC(CNC2CCN(CCC(F)(F)F)CC2)C1. The van der Waals surface area contributed by atoms with E-state index in [9.17, 15) is 18.3 Å². The van der Waals surface area contributed by atoms with Gasteiger partial charge < -0.3 is 15.3 Å². The molecule has 2 N–H and O–H groups in total. The first kappa shape index (κ1) is 17.0.